The lowest BCUT2D eigenvalue weighted by Gasteiger charge is -2.01. The number of benzene rings is 1. The number of rotatable bonds is 3. The molecule has 0 atom stereocenters. The lowest BCUT2D eigenvalue weighted by atomic mass is 10.1. The zero-order valence-corrected chi connectivity index (χ0v) is 7.80. The molecule has 2 nitrogen and oxygen atoms in total. The monoisotopic (exact) mass is 174 g/mol. The fraction of sp³-hybridized carbons (Fsp3) is 0.273. The van der Waals surface area contributed by atoms with Crippen molar-refractivity contribution in [1.82, 2.24) is 10.3 Å². The maximum absolute atomic E-state index is 3.31. The van der Waals surface area contributed by atoms with Crippen molar-refractivity contribution in [3.05, 3.63) is 36.0 Å². The molecule has 0 fully saturated rings. The second kappa shape index (κ2) is 3.62. The summed E-state index contributed by atoms with van der Waals surface area (Å²) in [6.45, 7) is 4.08. The van der Waals surface area contributed by atoms with Gasteiger partial charge in [-0.1, -0.05) is 19.1 Å². The van der Waals surface area contributed by atoms with Crippen molar-refractivity contribution in [1.29, 1.82) is 0 Å². The van der Waals surface area contributed by atoms with E-state index in [9.17, 15) is 0 Å². The van der Waals surface area contributed by atoms with Crippen LogP contribution in [0.4, 0.5) is 0 Å². The molecule has 13 heavy (non-hydrogen) atoms. The Kier molecular flexibility index (Phi) is 2.32. The van der Waals surface area contributed by atoms with Crippen molar-refractivity contribution in [3.8, 4) is 0 Å². The normalized spacial score (nSPS) is 10.8. The summed E-state index contributed by atoms with van der Waals surface area (Å²) in [7, 11) is 0. The van der Waals surface area contributed by atoms with Gasteiger partial charge in [-0.3, -0.25) is 0 Å². The summed E-state index contributed by atoms with van der Waals surface area (Å²) in [6.07, 6.45) is 1.97. The largest absolute Gasteiger partial charge is 0.361 e. The van der Waals surface area contributed by atoms with Crippen molar-refractivity contribution < 1.29 is 0 Å². The molecule has 0 radical (unpaired) electrons. The molecule has 1 aromatic carbocycles. The Bertz CT molecular complexity index is 390. The average molecular weight is 174 g/mol. The van der Waals surface area contributed by atoms with Gasteiger partial charge < -0.3 is 10.3 Å². The molecule has 2 rings (SSSR count). The number of hydrogen-bond donors (Lipinski definition) is 2. The van der Waals surface area contributed by atoms with Gasteiger partial charge in [-0.2, -0.15) is 0 Å². The van der Waals surface area contributed by atoms with E-state index in [1.54, 1.807) is 0 Å². The minimum Gasteiger partial charge on any atom is -0.361 e. The van der Waals surface area contributed by atoms with Gasteiger partial charge in [0.1, 0.15) is 0 Å². The van der Waals surface area contributed by atoms with Gasteiger partial charge in [-0.05, 0) is 29.6 Å². The summed E-state index contributed by atoms with van der Waals surface area (Å²) in [5, 5.41) is 4.59. The standard InChI is InChI=1S/C11H14N2/c1-2-12-8-9-3-4-10-5-6-13-11(10)7-9/h3-7,12-13H,2,8H2,1H3. The summed E-state index contributed by atoms with van der Waals surface area (Å²) in [5.41, 5.74) is 2.55. The smallest absolute Gasteiger partial charge is 0.0457 e. The molecule has 0 unspecified atom stereocenters. The summed E-state index contributed by atoms with van der Waals surface area (Å²) >= 11 is 0. The highest BCUT2D eigenvalue weighted by atomic mass is 14.8. The first-order valence-electron chi connectivity index (χ1n) is 4.67. The van der Waals surface area contributed by atoms with Crippen LogP contribution < -0.4 is 5.32 Å². The fourth-order valence-corrected chi connectivity index (χ4v) is 1.47. The first-order chi connectivity index (χ1) is 6.40. The van der Waals surface area contributed by atoms with Gasteiger partial charge in [0.15, 0.2) is 0 Å². The van der Waals surface area contributed by atoms with Gasteiger partial charge in [-0.15, -0.1) is 0 Å². The van der Waals surface area contributed by atoms with Gasteiger partial charge in [0.2, 0.25) is 0 Å². The SMILES string of the molecule is CCNCc1ccc2cc[nH]c2c1. The van der Waals surface area contributed by atoms with E-state index in [1.165, 1.54) is 16.5 Å². The van der Waals surface area contributed by atoms with Crippen molar-refractivity contribution in [3.63, 3.8) is 0 Å². The van der Waals surface area contributed by atoms with E-state index >= 15 is 0 Å². The highest BCUT2D eigenvalue weighted by Gasteiger charge is 1.95. The topological polar surface area (TPSA) is 27.8 Å². The van der Waals surface area contributed by atoms with Crippen molar-refractivity contribution in [2.75, 3.05) is 6.54 Å². The Hall–Kier alpha value is -1.28. The van der Waals surface area contributed by atoms with Gasteiger partial charge >= 0.3 is 0 Å². The zero-order valence-electron chi connectivity index (χ0n) is 7.80. The van der Waals surface area contributed by atoms with Crippen LogP contribution in [0.15, 0.2) is 30.5 Å². The lowest BCUT2D eigenvalue weighted by Crippen LogP contribution is -2.11. The van der Waals surface area contributed by atoms with Crippen molar-refractivity contribution >= 4 is 10.9 Å². The predicted octanol–water partition coefficient (Wildman–Crippen LogP) is 2.28. The third-order valence-electron chi connectivity index (χ3n) is 2.20. The van der Waals surface area contributed by atoms with Crippen LogP contribution in [0.5, 0.6) is 0 Å². The van der Waals surface area contributed by atoms with Crippen LogP contribution in [0.3, 0.4) is 0 Å². The van der Waals surface area contributed by atoms with E-state index in [-0.39, 0.29) is 0 Å². The second-order valence-corrected chi connectivity index (χ2v) is 3.18. The number of aromatic nitrogens is 1. The zero-order chi connectivity index (χ0) is 9.10. The van der Waals surface area contributed by atoms with E-state index in [2.05, 4.69) is 41.5 Å². The van der Waals surface area contributed by atoms with E-state index in [1.807, 2.05) is 6.20 Å². The molecule has 0 spiro atoms. The molecule has 2 N–H and O–H groups in total. The third kappa shape index (κ3) is 1.73. The molecular formula is C11H14N2. The molecule has 1 aromatic heterocycles. The van der Waals surface area contributed by atoms with Crippen LogP contribution in [0, 0.1) is 0 Å². The number of aromatic amines is 1. The fourth-order valence-electron chi connectivity index (χ4n) is 1.47. The molecule has 0 amide bonds. The molecule has 2 aromatic rings. The van der Waals surface area contributed by atoms with Crippen LogP contribution >= 0.6 is 0 Å². The Morgan fingerprint density at radius 3 is 3.08 bits per heavy atom. The first-order valence-corrected chi connectivity index (χ1v) is 4.67. The van der Waals surface area contributed by atoms with Crippen LogP contribution in [0.2, 0.25) is 0 Å². The molecule has 0 bridgehead atoms. The molecule has 0 saturated carbocycles. The van der Waals surface area contributed by atoms with Gasteiger partial charge in [-0.25, -0.2) is 0 Å². The molecule has 1 heterocycles. The van der Waals surface area contributed by atoms with E-state index in [4.69, 9.17) is 0 Å². The highest BCUT2D eigenvalue weighted by Crippen LogP contribution is 2.13. The molecular weight excluding hydrogens is 160 g/mol. The van der Waals surface area contributed by atoms with E-state index < -0.39 is 0 Å². The Morgan fingerprint density at radius 1 is 1.31 bits per heavy atom. The van der Waals surface area contributed by atoms with Crippen LogP contribution in [-0.2, 0) is 6.54 Å². The van der Waals surface area contributed by atoms with Gasteiger partial charge in [0.25, 0.3) is 0 Å². The minimum atomic E-state index is 0.950. The highest BCUT2D eigenvalue weighted by molar-refractivity contribution is 5.79. The maximum Gasteiger partial charge on any atom is 0.0457 e. The molecule has 0 saturated heterocycles. The molecule has 0 aliphatic heterocycles. The quantitative estimate of drug-likeness (QED) is 0.734. The lowest BCUT2D eigenvalue weighted by molar-refractivity contribution is 0.727. The first kappa shape index (κ1) is 8.32. The molecule has 0 aliphatic rings. The molecule has 2 heteroatoms. The Labute approximate surface area is 78.0 Å². The Morgan fingerprint density at radius 2 is 2.23 bits per heavy atom. The average Bonchev–Trinajstić information content (AvgIpc) is 2.61. The van der Waals surface area contributed by atoms with Crippen LogP contribution in [0.25, 0.3) is 10.9 Å². The number of nitrogens with one attached hydrogen (secondary N) is 2. The summed E-state index contributed by atoms with van der Waals surface area (Å²) in [6, 6.07) is 8.60. The molecule has 68 valence electrons. The van der Waals surface area contributed by atoms with Gasteiger partial charge in [0.05, 0.1) is 0 Å². The van der Waals surface area contributed by atoms with Crippen molar-refractivity contribution in [2.45, 2.75) is 13.5 Å². The predicted molar refractivity (Wildman–Crippen MR) is 55.7 cm³/mol. The number of H-pyrrole nitrogens is 1. The number of fused-ring (bicyclic) bond motifs is 1. The summed E-state index contributed by atoms with van der Waals surface area (Å²) in [5.74, 6) is 0. The van der Waals surface area contributed by atoms with Gasteiger partial charge in [0, 0.05) is 18.3 Å². The van der Waals surface area contributed by atoms with Crippen LogP contribution in [0.1, 0.15) is 12.5 Å². The molecule has 0 aliphatic carbocycles. The third-order valence-corrected chi connectivity index (χ3v) is 2.20. The maximum atomic E-state index is 3.31. The number of hydrogen-bond acceptors (Lipinski definition) is 1. The van der Waals surface area contributed by atoms with E-state index in [0.717, 1.165) is 13.1 Å². The Balaban J connectivity index is 2.26. The van der Waals surface area contributed by atoms with E-state index in [0.29, 0.717) is 0 Å². The van der Waals surface area contributed by atoms with Crippen LogP contribution in [-0.4, -0.2) is 11.5 Å². The second-order valence-electron chi connectivity index (χ2n) is 3.18. The minimum absolute atomic E-state index is 0.950. The van der Waals surface area contributed by atoms with Crippen molar-refractivity contribution in [2.24, 2.45) is 0 Å². The summed E-state index contributed by atoms with van der Waals surface area (Å²) < 4.78 is 0. The summed E-state index contributed by atoms with van der Waals surface area (Å²) in [4.78, 5) is 3.21.